The number of rotatable bonds is 8. The molecule has 3 heteroatoms. The van der Waals surface area contributed by atoms with Gasteiger partial charge in [-0.25, -0.2) is 4.79 Å². The van der Waals surface area contributed by atoms with Gasteiger partial charge < -0.3 is 4.74 Å². The Morgan fingerprint density at radius 3 is 2.20 bits per heavy atom. The molecular formula is C17H24O3. The van der Waals surface area contributed by atoms with E-state index in [1.54, 1.807) is 31.2 Å². The van der Waals surface area contributed by atoms with Gasteiger partial charge >= 0.3 is 5.97 Å². The second-order valence-corrected chi connectivity index (χ2v) is 4.94. The minimum absolute atomic E-state index is 0.0578. The summed E-state index contributed by atoms with van der Waals surface area (Å²) in [4.78, 5) is 24.2. The van der Waals surface area contributed by atoms with Crippen LogP contribution in [0.1, 0.15) is 67.2 Å². The minimum atomic E-state index is -0.371. The van der Waals surface area contributed by atoms with Gasteiger partial charge in [-0.15, -0.1) is 0 Å². The van der Waals surface area contributed by atoms with E-state index in [0.717, 1.165) is 25.7 Å². The standard InChI is InChI=1S/C17H24O3/c1-4-8-13(9-5-2)16(18)14-10-7-11-15(12-14)17(19)20-6-3/h7,10-13H,4-6,8-9H2,1-3H3. The molecule has 1 rings (SSSR count). The number of hydrogen-bond donors (Lipinski definition) is 0. The van der Waals surface area contributed by atoms with Gasteiger partial charge in [0.25, 0.3) is 0 Å². The van der Waals surface area contributed by atoms with Gasteiger partial charge in [-0.2, -0.15) is 0 Å². The third kappa shape index (κ3) is 4.48. The zero-order valence-electron chi connectivity index (χ0n) is 12.6. The van der Waals surface area contributed by atoms with E-state index < -0.39 is 0 Å². The van der Waals surface area contributed by atoms with Crippen LogP contribution >= 0.6 is 0 Å². The van der Waals surface area contributed by atoms with E-state index >= 15 is 0 Å². The van der Waals surface area contributed by atoms with Crippen LogP contribution in [-0.4, -0.2) is 18.4 Å². The highest BCUT2D eigenvalue weighted by Crippen LogP contribution is 2.20. The third-order valence-electron chi connectivity index (χ3n) is 3.30. The maximum absolute atomic E-state index is 12.5. The lowest BCUT2D eigenvalue weighted by Crippen LogP contribution is -2.15. The SMILES string of the molecule is CCCC(CCC)C(=O)c1cccc(C(=O)OCC)c1. The van der Waals surface area contributed by atoms with Crippen LogP contribution in [0.3, 0.4) is 0 Å². The summed E-state index contributed by atoms with van der Waals surface area (Å²) in [5.41, 5.74) is 1.06. The Balaban J connectivity index is 2.91. The fraction of sp³-hybridized carbons (Fsp3) is 0.529. The molecule has 0 aromatic heterocycles. The molecule has 1 aromatic carbocycles. The van der Waals surface area contributed by atoms with Crippen molar-refractivity contribution in [3.8, 4) is 0 Å². The van der Waals surface area contributed by atoms with Crippen LogP contribution < -0.4 is 0 Å². The van der Waals surface area contributed by atoms with Crippen LogP contribution in [0.2, 0.25) is 0 Å². The summed E-state index contributed by atoms with van der Waals surface area (Å²) in [7, 11) is 0. The molecule has 0 fully saturated rings. The number of benzene rings is 1. The Hall–Kier alpha value is -1.64. The van der Waals surface area contributed by atoms with Gasteiger partial charge in [-0.3, -0.25) is 4.79 Å². The van der Waals surface area contributed by atoms with Crippen molar-refractivity contribution in [3.05, 3.63) is 35.4 Å². The first kappa shape index (κ1) is 16.4. The summed E-state index contributed by atoms with van der Waals surface area (Å²) in [6.45, 7) is 6.28. The smallest absolute Gasteiger partial charge is 0.338 e. The van der Waals surface area contributed by atoms with Gasteiger partial charge in [-0.05, 0) is 31.9 Å². The van der Waals surface area contributed by atoms with Crippen LogP contribution in [0.4, 0.5) is 0 Å². The van der Waals surface area contributed by atoms with Gasteiger partial charge in [-0.1, -0.05) is 38.8 Å². The van der Waals surface area contributed by atoms with Crippen molar-refractivity contribution in [3.63, 3.8) is 0 Å². The van der Waals surface area contributed by atoms with E-state index in [1.807, 2.05) is 0 Å². The summed E-state index contributed by atoms with van der Waals surface area (Å²) < 4.78 is 4.97. The third-order valence-corrected chi connectivity index (χ3v) is 3.30. The number of esters is 1. The lowest BCUT2D eigenvalue weighted by Gasteiger charge is -2.14. The molecule has 110 valence electrons. The van der Waals surface area contributed by atoms with Gasteiger partial charge in [0, 0.05) is 11.5 Å². The molecule has 0 aliphatic rings. The Bertz CT molecular complexity index is 445. The van der Waals surface area contributed by atoms with E-state index in [4.69, 9.17) is 4.74 Å². The van der Waals surface area contributed by atoms with E-state index in [2.05, 4.69) is 13.8 Å². The van der Waals surface area contributed by atoms with E-state index in [0.29, 0.717) is 17.7 Å². The molecule has 20 heavy (non-hydrogen) atoms. The number of carbonyl (C=O) groups excluding carboxylic acids is 2. The number of ether oxygens (including phenoxy) is 1. The van der Waals surface area contributed by atoms with Crippen LogP contribution in [-0.2, 0) is 4.74 Å². The maximum Gasteiger partial charge on any atom is 0.338 e. The zero-order valence-corrected chi connectivity index (χ0v) is 12.6. The number of carbonyl (C=O) groups is 2. The summed E-state index contributed by atoms with van der Waals surface area (Å²) >= 11 is 0. The number of hydrogen-bond acceptors (Lipinski definition) is 3. The second-order valence-electron chi connectivity index (χ2n) is 4.94. The molecule has 0 saturated carbocycles. The van der Waals surface area contributed by atoms with Crippen molar-refractivity contribution in [1.29, 1.82) is 0 Å². The van der Waals surface area contributed by atoms with Crippen molar-refractivity contribution in [1.82, 2.24) is 0 Å². The first-order valence-electron chi connectivity index (χ1n) is 7.45. The molecule has 0 aliphatic heterocycles. The Morgan fingerprint density at radius 1 is 1.05 bits per heavy atom. The van der Waals surface area contributed by atoms with E-state index in [9.17, 15) is 9.59 Å². The average Bonchev–Trinajstić information content (AvgIpc) is 2.46. The molecule has 3 nitrogen and oxygen atoms in total. The molecule has 0 bridgehead atoms. The molecule has 0 N–H and O–H groups in total. The van der Waals surface area contributed by atoms with Crippen molar-refractivity contribution in [2.45, 2.75) is 46.5 Å². The summed E-state index contributed by atoms with van der Waals surface area (Å²) in [6.07, 6.45) is 3.79. The Morgan fingerprint density at radius 2 is 1.65 bits per heavy atom. The highest BCUT2D eigenvalue weighted by Gasteiger charge is 2.19. The van der Waals surface area contributed by atoms with Crippen LogP contribution in [0, 0.1) is 5.92 Å². The van der Waals surface area contributed by atoms with Crippen molar-refractivity contribution >= 4 is 11.8 Å². The minimum Gasteiger partial charge on any atom is -0.462 e. The molecule has 0 saturated heterocycles. The van der Waals surface area contributed by atoms with Gasteiger partial charge in [0.2, 0.25) is 0 Å². The van der Waals surface area contributed by atoms with Crippen molar-refractivity contribution in [2.75, 3.05) is 6.61 Å². The molecule has 0 radical (unpaired) electrons. The molecule has 0 heterocycles. The highest BCUT2D eigenvalue weighted by molar-refractivity contribution is 6.00. The monoisotopic (exact) mass is 276 g/mol. The molecule has 1 aromatic rings. The van der Waals surface area contributed by atoms with Crippen LogP contribution in [0.15, 0.2) is 24.3 Å². The molecule has 0 amide bonds. The molecule has 0 unspecified atom stereocenters. The Kier molecular flexibility index (Phi) is 6.99. The van der Waals surface area contributed by atoms with Crippen molar-refractivity contribution in [2.24, 2.45) is 5.92 Å². The number of ketones is 1. The Labute approximate surface area is 121 Å². The lowest BCUT2D eigenvalue weighted by atomic mass is 9.89. The van der Waals surface area contributed by atoms with Gasteiger partial charge in [0.1, 0.15) is 0 Å². The second kappa shape index (κ2) is 8.51. The fourth-order valence-electron chi connectivity index (χ4n) is 2.35. The predicted octanol–water partition coefficient (Wildman–Crippen LogP) is 4.26. The highest BCUT2D eigenvalue weighted by atomic mass is 16.5. The molecule has 0 atom stereocenters. The summed E-state index contributed by atoms with van der Waals surface area (Å²) in [6, 6.07) is 6.86. The van der Waals surface area contributed by atoms with Gasteiger partial charge in [0.15, 0.2) is 5.78 Å². The summed E-state index contributed by atoms with van der Waals surface area (Å²) in [5.74, 6) is -0.174. The largest absolute Gasteiger partial charge is 0.462 e. The quantitative estimate of drug-likeness (QED) is 0.526. The molecular weight excluding hydrogens is 252 g/mol. The molecule has 0 spiro atoms. The van der Waals surface area contributed by atoms with E-state index in [-0.39, 0.29) is 17.7 Å². The predicted molar refractivity (Wildman–Crippen MR) is 80.0 cm³/mol. The average molecular weight is 276 g/mol. The topological polar surface area (TPSA) is 43.4 Å². The van der Waals surface area contributed by atoms with Gasteiger partial charge in [0.05, 0.1) is 12.2 Å². The maximum atomic E-state index is 12.5. The normalized spacial score (nSPS) is 10.6. The number of Topliss-reactive ketones (excluding diaryl/α,β-unsaturated/α-hetero) is 1. The first-order chi connectivity index (χ1) is 9.63. The van der Waals surface area contributed by atoms with E-state index in [1.165, 1.54) is 0 Å². The lowest BCUT2D eigenvalue weighted by molar-refractivity contribution is 0.0526. The summed E-state index contributed by atoms with van der Waals surface area (Å²) in [5, 5.41) is 0. The van der Waals surface area contributed by atoms with Crippen molar-refractivity contribution < 1.29 is 14.3 Å². The fourth-order valence-corrected chi connectivity index (χ4v) is 2.35. The van der Waals surface area contributed by atoms with Crippen LogP contribution in [0.5, 0.6) is 0 Å². The first-order valence-corrected chi connectivity index (χ1v) is 7.45. The molecule has 0 aliphatic carbocycles. The zero-order chi connectivity index (χ0) is 15.0. The van der Waals surface area contributed by atoms with Crippen LogP contribution in [0.25, 0.3) is 0 Å².